The van der Waals surface area contributed by atoms with Crippen molar-refractivity contribution in [1.29, 1.82) is 0 Å². The number of hydrogen-bond donors (Lipinski definition) is 1. The van der Waals surface area contributed by atoms with Crippen molar-refractivity contribution >= 4 is 23.4 Å². The van der Waals surface area contributed by atoms with Gasteiger partial charge >= 0.3 is 11.8 Å². The lowest BCUT2D eigenvalue weighted by atomic mass is 9.80. The molecule has 1 aromatic rings. The maximum Gasteiger partial charge on any atom is 0.408 e. The van der Waals surface area contributed by atoms with E-state index in [0.717, 1.165) is 0 Å². The number of carbonyl (C=O) groups is 1. The van der Waals surface area contributed by atoms with Gasteiger partial charge in [0.25, 0.3) is 0 Å². The number of rotatable bonds is 3. The van der Waals surface area contributed by atoms with Crippen LogP contribution in [0.3, 0.4) is 0 Å². The Hall–Kier alpha value is -1.63. The van der Waals surface area contributed by atoms with Crippen molar-refractivity contribution in [3.8, 4) is 0 Å². The van der Waals surface area contributed by atoms with E-state index >= 15 is 0 Å². The van der Waals surface area contributed by atoms with Crippen molar-refractivity contribution < 1.29 is 14.8 Å². The minimum Gasteiger partial charge on any atom is -0.481 e. The lowest BCUT2D eigenvalue weighted by Crippen LogP contribution is -2.35. The highest BCUT2D eigenvalue weighted by molar-refractivity contribution is 6.32. The highest BCUT2D eigenvalue weighted by Crippen LogP contribution is 2.39. The Bertz CT molecular complexity index is 458. The molecule has 2 atom stereocenters. The smallest absolute Gasteiger partial charge is 0.408 e. The molecule has 1 aliphatic carbocycles. The Balaban J connectivity index is 2.25. The van der Waals surface area contributed by atoms with Crippen LogP contribution in [0.1, 0.15) is 18.9 Å². The third-order valence-electron chi connectivity index (χ3n) is 2.74. The number of carboxylic acid groups (broad SMARTS) is 1. The first kappa shape index (κ1) is 10.9. The van der Waals surface area contributed by atoms with Gasteiger partial charge in [0, 0.05) is 0 Å². The first-order chi connectivity index (χ1) is 7.50. The van der Waals surface area contributed by atoms with Gasteiger partial charge in [0.15, 0.2) is 5.02 Å². The molecule has 1 saturated carbocycles. The highest BCUT2D eigenvalue weighted by atomic mass is 35.5. The van der Waals surface area contributed by atoms with Crippen molar-refractivity contribution in [2.75, 3.05) is 0 Å². The van der Waals surface area contributed by atoms with Crippen LogP contribution in [0, 0.1) is 16.0 Å². The summed E-state index contributed by atoms with van der Waals surface area (Å²) in [6.45, 7) is 0. The van der Waals surface area contributed by atoms with Gasteiger partial charge in [0.2, 0.25) is 0 Å². The second-order valence-electron chi connectivity index (χ2n) is 3.63. The molecule has 16 heavy (non-hydrogen) atoms. The van der Waals surface area contributed by atoms with Gasteiger partial charge in [0.1, 0.15) is 0 Å². The van der Waals surface area contributed by atoms with Gasteiger partial charge in [0.05, 0.1) is 23.3 Å². The van der Waals surface area contributed by atoms with Gasteiger partial charge in [-0.1, -0.05) is 11.6 Å². The molecule has 0 spiro atoms. The van der Waals surface area contributed by atoms with Crippen molar-refractivity contribution in [2.24, 2.45) is 5.92 Å². The number of halogens is 1. The summed E-state index contributed by atoms with van der Waals surface area (Å²) in [6.07, 6.45) is 2.51. The summed E-state index contributed by atoms with van der Waals surface area (Å²) in [7, 11) is 0. The molecular weight excluding hydrogens is 238 g/mol. The standard InChI is InChI=1S/C8H8ClN3O4/c9-5-3-11(10-7(5)12(15)16)6-2-1-4(6)8(13)14/h3-4,6H,1-2H2,(H,13,14). The monoisotopic (exact) mass is 245 g/mol. The summed E-state index contributed by atoms with van der Waals surface area (Å²) in [6, 6.07) is -0.330. The molecular formula is C8H8ClN3O4. The zero-order valence-electron chi connectivity index (χ0n) is 8.04. The van der Waals surface area contributed by atoms with Gasteiger partial charge in [-0.3, -0.25) is 4.79 Å². The van der Waals surface area contributed by atoms with E-state index in [9.17, 15) is 14.9 Å². The largest absolute Gasteiger partial charge is 0.481 e. The van der Waals surface area contributed by atoms with Crippen molar-refractivity contribution in [3.63, 3.8) is 0 Å². The predicted octanol–water partition coefficient (Wildman–Crippen LogP) is 1.48. The molecule has 1 heterocycles. The van der Waals surface area contributed by atoms with Crippen LogP contribution in [-0.4, -0.2) is 25.8 Å². The quantitative estimate of drug-likeness (QED) is 0.642. The van der Waals surface area contributed by atoms with Gasteiger partial charge in [-0.2, -0.15) is 4.68 Å². The molecule has 0 radical (unpaired) electrons. The number of aromatic nitrogens is 2. The Labute approximate surface area is 94.8 Å². The second-order valence-corrected chi connectivity index (χ2v) is 4.03. The third kappa shape index (κ3) is 1.63. The van der Waals surface area contributed by atoms with Gasteiger partial charge in [-0.15, -0.1) is 0 Å². The molecule has 8 heteroatoms. The Kier molecular flexibility index (Phi) is 2.55. The van der Waals surface area contributed by atoms with Crippen LogP contribution < -0.4 is 0 Å². The maximum absolute atomic E-state index is 10.8. The summed E-state index contributed by atoms with van der Waals surface area (Å²) in [5.41, 5.74) is 0. The number of aliphatic carboxylic acids is 1. The molecule has 7 nitrogen and oxygen atoms in total. The third-order valence-corrected chi connectivity index (χ3v) is 3.00. The molecule has 0 aliphatic heterocycles. The average molecular weight is 246 g/mol. The van der Waals surface area contributed by atoms with Crippen molar-refractivity contribution in [2.45, 2.75) is 18.9 Å². The van der Waals surface area contributed by atoms with Crippen molar-refractivity contribution in [1.82, 2.24) is 9.78 Å². The van der Waals surface area contributed by atoms with Gasteiger partial charge in [-0.25, -0.2) is 0 Å². The average Bonchev–Trinajstić information content (AvgIpc) is 2.43. The molecule has 0 amide bonds. The lowest BCUT2D eigenvalue weighted by Gasteiger charge is -2.31. The maximum atomic E-state index is 10.8. The van der Waals surface area contributed by atoms with E-state index in [1.165, 1.54) is 10.9 Å². The first-order valence-electron chi connectivity index (χ1n) is 4.62. The zero-order chi connectivity index (χ0) is 11.9. The summed E-state index contributed by atoms with van der Waals surface area (Å²) in [4.78, 5) is 20.6. The van der Waals surface area contributed by atoms with Crippen LogP contribution >= 0.6 is 11.6 Å². The summed E-state index contributed by atoms with van der Waals surface area (Å²) in [5.74, 6) is -1.88. The molecule has 1 aromatic heterocycles. The molecule has 1 aliphatic rings. The first-order valence-corrected chi connectivity index (χ1v) is 5.00. The van der Waals surface area contributed by atoms with Crippen LogP contribution in [0.5, 0.6) is 0 Å². The Morgan fingerprint density at radius 1 is 1.69 bits per heavy atom. The highest BCUT2D eigenvalue weighted by Gasteiger charge is 2.41. The van der Waals surface area contributed by atoms with Gasteiger partial charge in [-0.05, 0) is 17.8 Å². The molecule has 2 unspecified atom stereocenters. The number of nitrogens with zero attached hydrogens (tertiary/aromatic N) is 3. The predicted molar refractivity (Wildman–Crippen MR) is 53.3 cm³/mol. The van der Waals surface area contributed by atoms with Gasteiger partial charge < -0.3 is 15.2 Å². The minimum absolute atomic E-state index is 0.0685. The Morgan fingerprint density at radius 2 is 2.38 bits per heavy atom. The molecule has 86 valence electrons. The van der Waals surface area contributed by atoms with E-state index in [0.29, 0.717) is 12.8 Å². The molecule has 2 rings (SSSR count). The van der Waals surface area contributed by atoms with E-state index in [1.807, 2.05) is 0 Å². The number of hydrogen-bond acceptors (Lipinski definition) is 4. The van der Waals surface area contributed by atoms with E-state index in [4.69, 9.17) is 16.7 Å². The summed E-state index contributed by atoms with van der Waals surface area (Å²) in [5, 5.41) is 23.0. The molecule has 0 saturated heterocycles. The fraction of sp³-hybridized carbons (Fsp3) is 0.500. The topological polar surface area (TPSA) is 98.3 Å². The van der Waals surface area contributed by atoms with E-state index in [2.05, 4.69) is 5.10 Å². The van der Waals surface area contributed by atoms with Crippen LogP contribution in [0.2, 0.25) is 5.02 Å². The fourth-order valence-corrected chi connectivity index (χ4v) is 1.95. The van der Waals surface area contributed by atoms with Crippen LogP contribution in [-0.2, 0) is 4.79 Å². The van der Waals surface area contributed by atoms with E-state index in [-0.39, 0.29) is 11.1 Å². The summed E-state index contributed by atoms with van der Waals surface area (Å²) >= 11 is 5.62. The van der Waals surface area contributed by atoms with E-state index in [1.54, 1.807) is 0 Å². The second kappa shape index (κ2) is 3.75. The molecule has 1 fully saturated rings. The zero-order valence-corrected chi connectivity index (χ0v) is 8.79. The molecule has 1 N–H and O–H groups in total. The normalized spacial score (nSPS) is 23.8. The Morgan fingerprint density at radius 3 is 2.75 bits per heavy atom. The van der Waals surface area contributed by atoms with Crippen LogP contribution in [0.15, 0.2) is 6.20 Å². The summed E-state index contributed by atoms with van der Waals surface area (Å²) < 4.78 is 1.28. The van der Waals surface area contributed by atoms with Crippen molar-refractivity contribution in [3.05, 3.63) is 21.3 Å². The minimum atomic E-state index is -0.912. The lowest BCUT2D eigenvalue weighted by molar-refractivity contribution is -0.389. The molecule has 0 aromatic carbocycles. The fourth-order valence-electron chi connectivity index (χ4n) is 1.74. The van der Waals surface area contributed by atoms with E-state index < -0.39 is 22.6 Å². The van der Waals surface area contributed by atoms with Crippen LogP contribution in [0.4, 0.5) is 5.82 Å². The number of nitro groups is 1. The van der Waals surface area contributed by atoms with Crippen LogP contribution in [0.25, 0.3) is 0 Å². The SMILES string of the molecule is O=C(O)C1CCC1n1cc(Cl)c([N+](=O)[O-])n1. The molecule has 0 bridgehead atoms. The number of carboxylic acids is 1.